The van der Waals surface area contributed by atoms with E-state index in [9.17, 15) is 4.79 Å². The molecule has 1 aromatic heterocycles. The van der Waals surface area contributed by atoms with E-state index in [1.165, 1.54) is 0 Å². The number of carbonyl (C=O) groups is 1. The number of rotatable bonds is 6. The number of anilines is 1. The lowest BCUT2D eigenvalue weighted by molar-refractivity contribution is 0.0951. The van der Waals surface area contributed by atoms with Gasteiger partial charge in [-0.25, -0.2) is 0 Å². The van der Waals surface area contributed by atoms with Gasteiger partial charge in [0.25, 0.3) is 5.91 Å². The molecule has 1 amide bonds. The van der Waals surface area contributed by atoms with Gasteiger partial charge >= 0.3 is 0 Å². The van der Waals surface area contributed by atoms with Gasteiger partial charge in [0.05, 0.1) is 0 Å². The number of hydrogen-bond donors (Lipinski definition) is 2. The molecule has 0 radical (unpaired) electrons. The molecule has 0 spiro atoms. The number of hydrogen-bond acceptors (Lipinski definition) is 3. The number of nitrogens with zero attached hydrogens (tertiary/aromatic N) is 1. The Bertz CT molecular complexity index is 584. The normalized spacial score (nSPS) is 11.7. The molecule has 0 fully saturated rings. The first-order valence-corrected chi connectivity index (χ1v) is 7.23. The minimum absolute atomic E-state index is 0.0454. The van der Waals surface area contributed by atoms with E-state index in [-0.39, 0.29) is 11.9 Å². The van der Waals surface area contributed by atoms with Crippen LogP contribution in [0.5, 0.6) is 0 Å². The lowest BCUT2D eigenvalue weighted by Gasteiger charge is -2.16. The van der Waals surface area contributed by atoms with E-state index in [1.54, 1.807) is 18.5 Å². The molecular formula is C17H21N3O. The van der Waals surface area contributed by atoms with Crippen molar-refractivity contribution in [2.45, 2.75) is 26.3 Å². The summed E-state index contributed by atoms with van der Waals surface area (Å²) in [6.07, 6.45) is 4.20. The average Bonchev–Trinajstić information content (AvgIpc) is 2.53. The highest BCUT2D eigenvalue weighted by Gasteiger charge is 2.11. The Morgan fingerprint density at radius 1 is 1.24 bits per heavy atom. The summed E-state index contributed by atoms with van der Waals surface area (Å²) >= 11 is 0. The number of carbonyl (C=O) groups excluding carboxylic acids is 1. The van der Waals surface area contributed by atoms with Crippen molar-refractivity contribution in [1.82, 2.24) is 10.3 Å². The van der Waals surface area contributed by atoms with Gasteiger partial charge in [0.2, 0.25) is 0 Å². The van der Waals surface area contributed by atoms with Crippen molar-refractivity contribution in [3.63, 3.8) is 0 Å². The fourth-order valence-corrected chi connectivity index (χ4v) is 2.14. The summed E-state index contributed by atoms with van der Waals surface area (Å²) in [5, 5.41) is 6.31. The molecule has 1 heterocycles. The van der Waals surface area contributed by atoms with Crippen molar-refractivity contribution >= 4 is 11.6 Å². The van der Waals surface area contributed by atoms with E-state index in [0.717, 1.165) is 17.7 Å². The number of amides is 1. The zero-order chi connectivity index (χ0) is 15.1. The molecule has 1 aromatic carbocycles. The van der Waals surface area contributed by atoms with Gasteiger partial charge in [0, 0.05) is 36.2 Å². The number of nitrogens with one attached hydrogen (secondary N) is 2. The minimum atomic E-state index is -0.0454. The van der Waals surface area contributed by atoms with E-state index in [0.29, 0.717) is 12.1 Å². The second-order valence-electron chi connectivity index (χ2n) is 5.01. The maximum absolute atomic E-state index is 12.2. The summed E-state index contributed by atoms with van der Waals surface area (Å²) in [6, 6.07) is 11.9. The first-order valence-electron chi connectivity index (χ1n) is 7.23. The van der Waals surface area contributed by atoms with Gasteiger partial charge < -0.3 is 10.6 Å². The van der Waals surface area contributed by atoms with Crippen molar-refractivity contribution < 1.29 is 4.79 Å². The summed E-state index contributed by atoms with van der Waals surface area (Å²) in [5.74, 6) is -0.0454. The van der Waals surface area contributed by atoms with E-state index < -0.39 is 0 Å². The van der Waals surface area contributed by atoms with Crippen molar-refractivity contribution in [1.29, 1.82) is 0 Å². The standard InChI is InChI=1S/C17H21N3O/c1-3-14-12-18-10-9-16(14)17(21)19-11-13(2)20-15-7-5-4-6-8-15/h4-10,12-13,20H,3,11H2,1-2H3,(H,19,21)/t13-/m1/s1. The van der Waals surface area contributed by atoms with E-state index >= 15 is 0 Å². The third-order valence-electron chi connectivity index (χ3n) is 3.28. The average molecular weight is 283 g/mol. The second-order valence-corrected chi connectivity index (χ2v) is 5.01. The largest absolute Gasteiger partial charge is 0.381 e. The van der Waals surface area contributed by atoms with Crippen molar-refractivity contribution in [3.8, 4) is 0 Å². The van der Waals surface area contributed by atoms with E-state index in [1.807, 2.05) is 44.2 Å². The third-order valence-corrected chi connectivity index (χ3v) is 3.28. The fourth-order valence-electron chi connectivity index (χ4n) is 2.14. The number of aryl methyl sites for hydroxylation is 1. The molecule has 2 rings (SSSR count). The van der Waals surface area contributed by atoms with Gasteiger partial charge in [-0.15, -0.1) is 0 Å². The molecule has 0 unspecified atom stereocenters. The first-order chi connectivity index (χ1) is 10.2. The number of aromatic nitrogens is 1. The van der Waals surface area contributed by atoms with Crippen molar-refractivity contribution in [3.05, 3.63) is 59.9 Å². The minimum Gasteiger partial charge on any atom is -0.381 e. The zero-order valence-electron chi connectivity index (χ0n) is 12.5. The third kappa shape index (κ3) is 4.31. The lowest BCUT2D eigenvalue weighted by Crippen LogP contribution is -2.35. The quantitative estimate of drug-likeness (QED) is 0.857. The molecular weight excluding hydrogens is 262 g/mol. The highest BCUT2D eigenvalue weighted by Crippen LogP contribution is 2.08. The topological polar surface area (TPSA) is 54.0 Å². The van der Waals surface area contributed by atoms with Gasteiger partial charge in [-0.2, -0.15) is 0 Å². The summed E-state index contributed by atoms with van der Waals surface area (Å²) < 4.78 is 0. The van der Waals surface area contributed by atoms with Gasteiger partial charge in [-0.05, 0) is 37.1 Å². The summed E-state index contributed by atoms with van der Waals surface area (Å²) in [5.41, 5.74) is 2.73. The first kappa shape index (κ1) is 15.0. The highest BCUT2D eigenvalue weighted by molar-refractivity contribution is 5.95. The molecule has 0 saturated carbocycles. The smallest absolute Gasteiger partial charge is 0.251 e. The van der Waals surface area contributed by atoms with Crippen LogP contribution >= 0.6 is 0 Å². The monoisotopic (exact) mass is 283 g/mol. The van der Waals surface area contributed by atoms with Gasteiger partial charge in [-0.3, -0.25) is 9.78 Å². The van der Waals surface area contributed by atoms with Crippen LogP contribution in [0.3, 0.4) is 0 Å². The molecule has 4 heteroatoms. The molecule has 0 aliphatic carbocycles. The van der Waals surface area contributed by atoms with Crippen LogP contribution in [-0.4, -0.2) is 23.5 Å². The molecule has 0 aliphatic heterocycles. The Labute approximate surface area is 125 Å². The lowest BCUT2D eigenvalue weighted by atomic mass is 10.1. The van der Waals surface area contributed by atoms with Crippen LogP contribution in [0.25, 0.3) is 0 Å². The Balaban J connectivity index is 1.89. The van der Waals surface area contributed by atoms with E-state index in [4.69, 9.17) is 0 Å². The molecule has 4 nitrogen and oxygen atoms in total. The van der Waals surface area contributed by atoms with Gasteiger partial charge in [0.15, 0.2) is 0 Å². The van der Waals surface area contributed by atoms with Crippen LogP contribution in [-0.2, 0) is 6.42 Å². The Hall–Kier alpha value is -2.36. The molecule has 110 valence electrons. The summed E-state index contributed by atoms with van der Waals surface area (Å²) in [4.78, 5) is 16.3. The molecule has 0 aliphatic rings. The number of benzene rings is 1. The predicted molar refractivity (Wildman–Crippen MR) is 85.5 cm³/mol. The van der Waals surface area contributed by atoms with Crippen LogP contribution in [0.4, 0.5) is 5.69 Å². The van der Waals surface area contributed by atoms with E-state index in [2.05, 4.69) is 15.6 Å². The number of para-hydroxylation sites is 1. The van der Waals surface area contributed by atoms with Crippen LogP contribution in [0, 0.1) is 0 Å². The molecule has 0 saturated heterocycles. The van der Waals surface area contributed by atoms with Crippen molar-refractivity contribution in [2.75, 3.05) is 11.9 Å². The van der Waals surface area contributed by atoms with Crippen LogP contribution in [0.15, 0.2) is 48.8 Å². The van der Waals surface area contributed by atoms with Crippen LogP contribution in [0.2, 0.25) is 0 Å². The molecule has 2 aromatic rings. The Morgan fingerprint density at radius 2 is 2.00 bits per heavy atom. The van der Waals surface area contributed by atoms with Gasteiger partial charge in [-0.1, -0.05) is 25.1 Å². The second kappa shape index (κ2) is 7.43. The molecule has 2 N–H and O–H groups in total. The molecule has 1 atom stereocenters. The van der Waals surface area contributed by atoms with Crippen molar-refractivity contribution in [2.24, 2.45) is 0 Å². The SMILES string of the molecule is CCc1cnccc1C(=O)NC[C@@H](C)Nc1ccccc1. The summed E-state index contributed by atoms with van der Waals surface area (Å²) in [7, 11) is 0. The molecule has 21 heavy (non-hydrogen) atoms. The zero-order valence-corrected chi connectivity index (χ0v) is 12.5. The maximum Gasteiger partial charge on any atom is 0.251 e. The Kier molecular flexibility index (Phi) is 5.32. The Morgan fingerprint density at radius 3 is 2.71 bits per heavy atom. The van der Waals surface area contributed by atoms with Crippen LogP contribution < -0.4 is 10.6 Å². The molecule has 0 bridgehead atoms. The summed E-state index contributed by atoms with van der Waals surface area (Å²) in [6.45, 7) is 4.63. The fraction of sp³-hybridized carbons (Fsp3) is 0.294. The van der Waals surface area contributed by atoms with Crippen LogP contribution in [0.1, 0.15) is 29.8 Å². The van der Waals surface area contributed by atoms with Gasteiger partial charge in [0.1, 0.15) is 0 Å². The number of pyridine rings is 1. The predicted octanol–water partition coefficient (Wildman–Crippen LogP) is 2.87. The maximum atomic E-state index is 12.2. The highest BCUT2D eigenvalue weighted by atomic mass is 16.1.